The largest absolute Gasteiger partial charge is 0.487 e. The highest BCUT2D eigenvalue weighted by molar-refractivity contribution is 9.08. The number of hydrogen-bond donors (Lipinski definition) is 0. The van der Waals surface area contributed by atoms with Crippen molar-refractivity contribution >= 4 is 15.9 Å². The van der Waals surface area contributed by atoms with E-state index >= 15 is 0 Å². The van der Waals surface area contributed by atoms with E-state index in [1.165, 1.54) is 36.0 Å². The molecule has 0 amide bonds. The Morgan fingerprint density at radius 3 is 2.79 bits per heavy atom. The van der Waals surface area contributed by atoms with Gasteiger partial charge in [-0.25, -0.2) is 0 Å². The lowest BCUT2D eigenvalue weighted by atomic mass is 10.1. The fraction of sp³-hybridized carbons (Fsp3) is 0.312. The molecule has 0 saturated heterocycles. The second kappa shape index (κ2) is 5.74. The first kappa shape index (κ1) is 12.7. The summed E-state index contributed by atoms with van der Waals surface area (Å²) in [5.41, 5.74) is 5.26. The predicted molar refractivity (Wildman–Crippen MR) is 79.7 cm³/mol. The van der Waals surface area contributed by atoms with Gasteiger partial charge in [-0.05, 0) is 48.1 Å². The zero-order valence-electron chi connectivity index (χ0n) is 10.7. The number of alkyl halides is 1. The van der Waals surface area contributed by atoms with Gasteiger partial charge in [0.25, 0.3) is 0 Å². The Hall–Kier alpha value is -1.35. The number of rotatable bonds is 4. The highest BCUT2D eigenvalue weighted by atomic mass is 79.9. The lowest BCUT2D eigenvalue weighted by Gasteiger charge is -2.08. The Balaban J connectivity index is 1.65. The number of ether oxygens (including phenoxy) is 1. The van der Waals surface area contributed by atoms with E-state index < -0.39 is 0 Å². The van der Waals surface area contributed by atoms with Crippen LogP contribution in [0.25, 0.3) is 0 Å². The van der Waals surface area contributed by atoms with Gasteiger partial charge in [0.2, 0.25) is 0 Å². The normalized spacial score (nSPS) is 13.3. The molecule has 3 rings (SSSR count). The molecular weight excluding hydrogens is 302 g/mol. The van der Waals surface area contributed by atoms with E-state index in [0.717, 1.165) is 16.8 Å². The van der Waals surface area contributed by atoms with Gasteiger partial charge < -0.3 is 4.74 Å². The van der Waals surface area contributed by atoms with Gasteiger partial charge in [0.15, 0.2) is 0 Å². The summed E-state index contributed by atoms with van der Waals surface area (Å²) in [6.45, 7) is 0.614. The monoisotopic (exact) mass is 317 g/mol. The molecule has 1 aromatic carbocycles. The number of aromatic nitrogens is 1. The predicted octanol–water partition coefficient (Wildman–Crippen LogP) is 4.04. The second-order valence-corrected chi connectivity index (χ2v) is 5.42. The number of halogens is 1. The topological polar surface area (TPSA) is 22.1 Å². The van der Waals surface area contributed by atoms with E-state index in [2.05, 4.69) is 39.1 Å². The third-order valence-corrected chi connectivity index (χ3v) is 4.08. The highest BCUT2D eigenvalue weighted by Crippen LogP contribution is 2.23. The van der Waals surface area contributed by atoms with Crippen LogP contribution < -0.4 is 4.74 Å². The molecule has 1 aromatic heterocycles. The van der Waals surface area contributed by atoms with Gasteiger partial charge in [0, 0.05) is 5.33 Å². The molecule has 98 valence electrons. The molecule has 19 heavy (non-hydrogen) atoms. The number of fused-ring (bicyclic) bond motifs is 1. The van der Waals surface area contributed by atoms with Crippen LogP contribution in [0.15, 0.2) is 36.5 Å². The van der Waals surface area contributed by atoms with Crippen LogP contribution >= 0.6 is 15.9 Å². The Morgan fingerprint density at radius 1 is 1.11 bits per heavy atom. The fourth-order valence-corrected chi connectivity index (χ4v) is 2.79. The van der Waals surface area contributed by atoms with Crippen LogP contribution in [-0.2, 0) is 24.8 Å². The molecule has 0 atom stereocenters. The molecule has 0 saturated carbocycles. The van der Waals surface area contributed by atoms with Crippen LogP contribution in [0.5, 0.6) is 5.75 Å². The summed E-state index contributed by atoms with van der Waals surface area (Å²) >= 11 is 3.38. The summed E-state index contributed by atoms with van der Waals surface area (Å²) in [6.07, 6.45) is 5.51. The van der Waals surface area contributed by atoms with Crippen LogP contribution in [0.1, 0.15) is 28.8 Å². The van der Waals surface area contributed by atoms with Crippen LogP contribution in [0.3, 0.4) is 0 Å². The SMILES string of the molecule is BrCc1ccc(OCc2ccc3c(c2)CCC3)cn1. The van der Waals surface area contributed by atoms with E-state index in [1.54, 1.807) is 6.20 Å². The Kier molecular flexibility index (Phi) is 3.83. The van der Waals surface area contributed by atoms with E-state index in [0.29, 0.717) is 6.61 Å². The molecule has 0 spiro atoms. The molecule has 0 unspecified atom stereocenters. The van der Waals surface area contributed by atoms with Crippen LogP contribution in [0.4, 0.5) is 0 Å². The van der Waals surface area contributed by atoms with E-state index in [-0.39, 0.29) is 0 Å². The average Bonchev–Trinajstić information content (AvgIpc) is 2.93. The number of aryl methyl sites for hydroxylation is 2. The fourth-order valence-electron chi connectivity index (χ4n) is 2.46. The zero-order valence-corrected chi connectivity index (χ0v) is 12.3. The summed E-state index contributed by atoms with van der Waals surface area (Å²) in [6, 6.07) is 10.6. The van der Waals surface area contributed by atoms with E-state index in [9.17, 15) is 0 Å². The molecule has 1 aliphatic carbocycles. The lowest BCUT2D eigenvalue weighted by molar-refractivity contribution is 0.305. The molecule has 1 heterocycles. The van der Waals surface area contributed by atoms with Crippen molar-refractivity contribution in [1.29, 1.82) is 0 Å². The molecule has 2 nitrogen and oxygen atoms in total. The minimum Gasteiger partial charge on any atom is -0.487 e. The van der Waals surface area contributed by atoms with Crippen molar-refractivity contribution in [2.75, 3.05) is 0 Å². The van der Waals surface area contributed by atoms with E-state index in [1.807, 2.05) is 12.1 Å². The third-order valence-electron chi connectivity index (χ3n) is 3.50. The van der Waals surface area contributed by atoms with Crippen LogP contribution in [0.2, 0.25) is 0 Å². The van der Waals surface area contributed by atoms with Gasteiger partial charge in [0.1, 0.15) is 12.4 Å². The first-order valence-electron chi connectivity index (χ1n) is 6.59. The summed E-state index contributed by atoms with van der Waals surface area (Å²) in [7, 11) is 0. The van der Waals surface area contributed by atoms with Gasteiger partial charge in [-0.3, -0.25) is 4.98 Å². The molecule has 0 bridgehead atoms. The minimum atomic E-state index is 0.614. The zero-order chi connectivity index (χ0) is 13.1. The van der Waals surface area contributed by atoms with Crippen molar-refractivity contribution in [3.05, 3.63) is 58.9 Å². The minimum absolute atomic E-state index is 0.614. The Labute approximate surface area is 122 Å². The van der Waals surface area contributed by atoms with Crippen molar-refractivity contribution in [3.63, 3.8) is 0 Å². The maximum absolute atomic E-state index is 5.77. The molecule has 0 N–H and O–H groups in total. The quantitative estimate of drug-likeness (QED) is 0.794. The van der Waals surface area contributed by atoms with Crippen molar-refractivity contribution in [1.82, 2.24) is 4.98 Å². The molecule has 1 aliphatic rings. The van der Waals surface area contributed by atoms with Crippen molar-refractivity contribution in [2.24, 2.45) is 0 Å². The average molecular weight is 318 g/mol. The molecule has 3 heteroatoms. The lowest BCUT2D eigenvalue weighted by Crippen LogP contribution is -1.97. The summed E-state index contributed by atoms with van der Waals surface area (Å²) < 4.78 is 5.77. The van der Waals surface area contributed by atoms with Gasteiger partial charge in [-0.1, -0.05) is 34.1 Å². The maximum Gasteiger partial charge on any atom is 0.138 e. The first-order chi connectivity index (χ1) is 9.35. The summed E-state index contributed by atoms with van der Waals surface area (Å²) in [5, 5.41) is 0.776. The molecule has 2 aromatic rings. The number of hydrogen-bond acceptors (Lipinski definition) is 2. The number of benzene rings is 1. The van der Waals surface area contributed by atoms with Gasteiger partial charge >= 0.3 is 0 Å². The van der Waals surface area contributed by atoms with E-state index in [4.69, 9.17) is 4.74 Å². The van der Waals surface area contributed by atoms with Crippen molar-refractivity contribution < 1.29 is 4.74 Å². The second-order valence-electron chi connectivity index (χ2n) is 4.86. The van der Waals surface area contributed by atoms with Gasteiger partial charge in [0.05, 0.1) is 11.9 Å². The smallest absolute Gasteiger partial charge is 0.138 e. The molecule has 0 radical (unpaired) electrons. The maximum atomic E-state index is 5.77. The first-order valence-corrected chi connectivity index (χ1v) is 7.71. The third kappa shape index (κ3) is 2.98. The number of nitrogens with zero attached hydrogens (tertiary/aromatic N) is 1. The van der Waals surface area contributed by atoms with Crippen molar-refractivity contribution in [2.45, 2.75) is 31.2 Å². The van der Waals surface area contributed by atoms with Gasteiger partial charge in [-0.15, -0.1) is 0 Å². The van der Waals surface area contributed by atoms with Crippen molar-refractivity contribution in [3.8, 4) is 5.75 Å². The van der Waals surface area contributed by atoms with Crippen LogP contribution in [-0.4, -0.2) is 4.98 Å². The Morgan fingerprint density at radius 2 is 2.00 bits per heavy atom. The Bertz CT molecular complexity index is 565. The molecular formula is C16H16BrNO. The van der Waals surface area contributed by atoms with Crippen LogP contribution in [0, 0.1) is 0 Å². The van der Waals surface area contributed by atoms with Gasteiger partial charge in [-0.2, -0.15) is 0 Å². The summed E-state index contributed by atoms with van der Waals surface area (Å²) in [4.78, 5) is 4.30. The number of pyridine rings is 1. The molecule has 0 aliphatic heterocycles. The molecule has 0 fully saturated rings. The standard InChI is InChI=1S/C16H16BrNO/c17-9-15-6-7-16(10-18-15)19-11-12-4-5-13-2-1-3-14(13)8-12/h4-8,10H,1-3,9,11H2. The summed E-state index contributed by atoms with van der Waals surface area (Å²) in [5.74, 6) is 0.824. The highest BCUT2D eigenvalue weighted by Gasteiger charge is 2.10.